The van der Waals surface area contributed by atoms with Crippen molar-refractivity contribution in [2.45, 2.75) is 39.5 Å². The monoisotopic (exact) mass is 142 g/mol. The molecular weight excluding hydrogens is 124 g/mol. The average molecular weight is 142 g/mol. The van der Waals surface area contributed by atoms with Crippen LogP contribution in [0.3, 0.4) is 0 Å². The molecule has 0 spiro atoms. The van der Waals surface area contributed by atoms with Gasteiger partial charge in [-0.3, -0.25) is 0 Å². The summed E-state index contributed by atoms with van der Waals surface area (Å²) in [6.45, 7) is 9.79. The van der Waals surface area contributed by atoms with Crippen LogP contribution in [0.2, 0.25) is 0 Å². The number of hydrogen-bond donors (Lipinski definition) is 0. The van der Waals surface area contributed by atoms with Crippen LogP contribution in [-0.4, -0.2) is 5.78 Å². The first-order valence-electron chi connectivity index (χ1n) is 3.76. The molecule has 0 aliphatic rings. The number of rotatable bonds is 4. The molecule has 0 aliphatic heterocycles. The second-order valence-electron chi connectivity index (χ2n) is 2.16. The topological polar surface area (TPSA) is 17.1 Å². The lowest BCUT2D eigenvalue weighted by molar-refractivity contribution is -0.117. The Kier molecular flexibility index (Phi) is 13.6. The van der Waals surface area contributed by atoms with Crippen molar-refractivity contribution in [1.29, 1.82) is 0 Å². The molecule has 0 aromatic heterocycles. The van der Waals surface area contributed by atoms with Crippen molar-refractivity contribution in [1.82, 2.24) is 0 Å². The van der Waals surface area contributed by atoms with Gasteiger partial charge in [0.1, 0.15) is 5.78 Å². The van der Waals surface area contributed by atoms with Gasteiger partial charge >= 0.3 is 0 Å². The Hall–Kier alpha value is -0.590. The minimum Gasteiger partial charge on any atom is -0.300 e. The van der Waals surface area contributed by atoms with E-state index in [4.69, 9.17) is 0 Å². The number of carbonyl (C=O) groups excluding carboxylic acids is 1. The Labute approximate surface area is 64.1 Å². The summed E-state index contributed by atoms with van der Waals surface area (Å²) in [5.41, 5.74) is 0. The Morgan fingerprint density at radius 3 is 2.10 bits per heavy atom. The van der Waals surface area contributed by atoms with Crippen molar-refractivity contribution in [2.24, 2.45) is 0 Å². The van der Waals surface area contributed by atoms with Crippen LogP contribution in [-0.2, 0) is 4.79 Å². The molecule has 0 amide bonds. The Morgan fingerprint density at radius 1 is 1.30 bits per heavy atom. The van der Waals surface area contributed by atoms with Crippen LogP contribution in [0.5, 0.6) is 0 Å². The minimum atomic E-state index is 0.318. The first-order valence-corrected chi connectivity index (χ1v) is 3.76. The first-order chi connectivity index (χ1) is 4.77. The Morgan fingerprint density at radius 2 is 1.80 bits per heavy atom. The van der Waals surface area contributed by atoms with Crippen molar-refractivity contribution in [3.05, 3.63) is 13.2 Å². The smallest absolute Gasteiger partial charge is 0.129 e. The summed E-state index contributed by atoms with van der Waals surface area (Å²) in [6, 6.07) is 0. The fraction of sp³-hybridized carbons (Fsp3) is 0.667. The van der Waals surface area contributed by atoms with Crippen LogP contribution >= 0.6 is 0 Å². The second-order valence-corrected chi connectivity index (χ2v) is 2.16. The maximum Gasteiger partial charge on any atom is 0.129 e. The number of hydrogen-bond acceptors (Lipinski definition) is 1. The fourth-order valence-electron chi connectivity index (χ4n) is 0.624. The zero-order valence-corrected chi connectivity index (χ0v) is 7.15. The van der Waals surface area contributed by atoms with Gasteiger partial charge in [-0.05, 0) is 13.3 Å². The molecule has 10 heavy (non-hydrogen) atoms. The maximum atomic E-state index is 10.3. The summed E-state index contributed by atoms with van der Waals surface area (Å²) in [6.07, 6.45) is 4.24. The maximum absolute atomic E-state index is 10.3. The van der Waals surface area contributed by atoms with Crippen molar-refractivity contribution in [3.8, 4) is 0 Å². The van der Waals surface area contributed by atoms with E-state index in [2.05, 4.69) is 20.1 Å². The Balaban J connectivity index is 0. The molecule has 0 rings (SSSR count). The lowest BCUT2D eigenvalue weighted by atomic mass is 10.2. The molecule has 0 heterocycles. The largest absolute Gasteiger partial charge is 0.300 e. The molecule has 0 aromatic carbocycles. The molecule has 0 bridgehead atoms. The van der Waals surface area contributed by atoms with E-state index in [9.17, 15) is 4.79 Å². The standard InChI is InChI=1S/C7H14O.C2H4/c1-3-4-5-6-7(2)8;1-2/h3-6H2,1-2H3;1-2H2. The summed E-state index contributed by atoms with van der Waals surface area (Å²) < 4.78 is 0. The van der Waals surface area contributed by atoms with Crippen LogP contribution in [0, 0.1) is 0 Å². The van der Waals surface area contributed by atoms with Gasteiger partial charge in [-0.15, -0.1) is 13.2 Å². The SMILES string of the molecule is C=C.CCCCCC(C)=O. The molecule has 0 fully saturated rings. The van der Waals surface area contributed by atoms with Gasteiger partial charge in [-0.1, -0.05) is 19.8 Å². The summed E-state index contributed by atoms with van der Waals surface area (Å²) in [4.78, 5) is 10.3. The average Bonchev–Trinajstić information content (AvgIpc) is 1.92. The highest BCUT2D eigenvalue weighted by Gasteiger charge is 1.89. The van der Waals surface area contributed by atoms with E-state index < -0.39 is 0 Å². The lowest BCUT2D eigenvalue weighted by Gasteiger charge is -1.90. The molecule has 0 unspecified atom stereocenters. The quantitative estimate of drug-likeness (QED) is 0.435. The summed E-state index contributed by atoms with van der Waals surface area (Å²) in [5, 5.41) is 0. The van der Waals surface area contributed by atoms with Gasteiger partial charge in [0.2, 0.25) is 0 Å². The van der Waals surface area contributed by atoms with Crippen LogP contribution in [0.15, 0.2) is 13.2 Å². The van der Waals surface area contributed by atoms with Crippen molar-refractivity contribution >= 4 is 5.78 Å². The predicted octanol–water partition coefficient (Wildman–Crippen LogP) is 2.96. The van der Waals surface area contributed by atoms with Crippen LogP contribution in [0.1, 0.15) is 39.5 Å². The van der Waals surface area contributed by atoms with E-state index in [0.717, 1.165) is 12.8 Å². The number of unbranched alkanes of at least 4 members (excludes halogenated alkanes) is 2. The van der Waals surface area contributed by atoms with Crippen molar-refractivity contribution in [2.75, 3.05) is 0 Å². The third-order valence-corrected chi connectivity index (χ3v) is 1.13. The minimum absolute atomic E-state index is 0.318. The zero-order valence-electron chi connectivity index (χ0n) is 7.15. The van der Waals surface area contributed by atoms with Crippen LogP contribution < -0.4 is 0 Å². The van der Waals surface area contributed by atoms with Crippen LogP contribution in [0.25, 0.3) is 0 Å². The highest BCUT2D eigenvalue weighted by atomic mass is 16.1. The molecule has 0 N–H and O–H groups in total. The van der Waals surface area contributed by atoms with E-state index in [1.54, 1.807) is 6.92 Å². The second kappa shape index (κ2) is 11.2. The van der Waals surface area contributed by atoms with Gasteiger partial charge in [-0.2, -0.15) is 0 Å². The van der Waals surface area contributed by atoms with Gasteiger partial charge < -0.3 is 4.79 Å². The van der Waals surface area contributed by atoms with Gasteiger partial charge in [0.25, 0.3) is 0 Å². The number of carbonyl (C=O) groups is 1. The van der Waals surface area contributed by atoms with Gasteiger partial charge in [0.05, 0.1) is 0 Å². The van der Waals surface area contributed by atoms with Gasteiger partial charge in [-0.25, -0.2) is 0 Å². The molecule has 60 valence electrons. The van der Waals surface area contributed by atoms with E-state index in [-0.39, 0.29) is 0 Å². The first kappa shape index (κ1) is 12.1. The molecule has 1 heteroatoms. The summed E-state index contributed by atoms with van der Waals surface area (Å²) in [5.74, 6) is 0.318. The molecular formula is C9H18O. The van der Waals surface area contributed by atoms with Crippen LogP contribution in [0.4, 0.5) is 0 Å². The number of Topliss-reactive ketones (excluding diaryl/α,β-unsaturated/α-hetero) is 1. The molecule has 0 atom stereocenters. The van der Waals surface area contributed by atoms with Gasteiger partial charge in [0, 0.05) is 6.42 Å². The molecule has 0 aromatic rings. The molecule has 0 aliphatic carbocycles. The zero-order chi connectivity index (χ0) is 8.41. The van der Waals surface area contributed by atoms with E-state index >= 15 is 0 Å². The highest BCUT2D eigenvalue weighted by Crippen LogP contribution is 1.98. The molecule has 0 radical (unpaired) electrons. The molecule has 0 saturated heterocycles. The van der Waals surface area contributed by atoms with Crippen molar-refractivity contribution in [3.63, 3.8) is 0 Å². The third-order valence-electron chi connectivity index (χ3n) is 1.13. The van der Waals surface area contributed by atoms with E-state index in [1.165, 1.54) is 12.8 Å². The lowest BCUT2D eigenvalue weighted by Crippen LogP contribution is -1.87. The van der Waals surface area contributed by atoms with Crippen molar-refractivity contribution < 1.29 is 4.79 Å². The third kappa shape index (κ3) is 15.7. The predicted molar refractivity (Wildman–Crippen MR) is 46.1 cm³/mol. The summed E-state index contributed by atoms with van der Waals surface area (Å²) in [7, 11) is 0. The molecule has 0 saturated carbocycles. The highest BCUT2D eigenvalue weighted by molar-refractivity contribution is 5.75. The van der Waals surface area contributed by atoms with Gasteiger partial charge in [0.15, 0.2) is 0 Å². The normalized spacial score (nSPS) is 7.80. The fourth-order valence-corrected chi connectivity index (χ4v) is 0.624. The van der Waals surface area contributed by atoms with E-state index in [0.29, 0.717) is 5.78 Å². The van der Waals surface area contributed by atoms with E-state index in [1.807, 2.05) is 0 Å². The summed E-state index contributed by atoms with van der Waals surface area (Å²) >= 11 is 0. The Bertz CT molecular complexity index is 76.8. The number of ketones is 1. The molecule has 1 nitrogen and oxygen atoms in total.